The molecule has 0 spiro atoms. The summed E-state index contributed by atoms with van der Waals surface area (Å²) in [6.07, 6.45) is 8.46. The van der Waals surface area contributed by atoms with Crippen LogP contribution in [0.25, 0.3) is 0 Å². The zero-order valence-corrected chi connectivity index (χ0v) is 13.9. The number of aliphatic hydroxyl groups is 2. The van der Waals surface area contributed by atoms with Crippen molar-refractivity contribution in [1.29, 1.82) is 0 Å². The number of hydrogen-bond donors (Lipinski definition) is 3. The minimum Gasteiger partial charge on any atom is -0.389 e. The average molecular weight is 334 g/mol. The standard InChI is InChI=1S/C17H26N4O3/c22-14(11-16(23)5-2-1-3-6-16)20-12-17(24)7-10-21(13-17)15-18-8-4-9-19-15/h4,8-9,23-24H,1-3,5-7,10-13H2,(H,20,22)/t17-/m0/s1. The van der Waals surface area contributed by atoms with Crippen molar-refractivity contribution in [1.82, 2.24) is 15.3 Å². The normalized spacial score (nSPS) is 26.3. The fourth-order valence-electron chi connectivity index (χ4n) is 3.64. The van der Waals surface area contributed by atoms with Gasteiger partial charge in [0.2, 0.25) is 11.9 Å². The molecule has 0 unspecified atom stereocenters. The van der Waals surface area contributed by atoms with Crippen LogP contribution in [0.15, 0.2) is 18.5 Å². The second-order valence-electron chi connectivity index (χ2n) is 7.18. The molecule has 24 heavy (non-hydrogen) atoms. The van der Waals surface area contributed by atoms with Gasteiger partial charge in [-0.05, 0) is 25.3 Å². The molecule has 132 valence electrons. The highest BCUT2D eigenvalue weighted by atomic mass is 16.3. The number of β-amino-alcohol motifs (C(OH)–C–C–N with tert-alkyl or cyclic N) is 1. The van der Waals surface area contributed by atoms with Crippen LogP contribution in [0.2, 0.25) is 0 Å². The summed E-state index contributed by atoms with van der Waals surface area (Å²) in [5, 5.41) is 23.9. The Morgan fingerprint density at radius 1 is 1.12 bits per heavy atom. The Hall–Kier alpha value is -1.73. The van der Waals surface area contributed by atoms with Gasteiger partial charge in [0.1, 0.15) is 5.60 Å². The molecule has 1 atom stereocenters. The van der Waals surface area contributed by atoms with E-state index < -0.39 is 11.2 Å². The highest BCUT2D eigenvalue weighted by Crippen LogP contribution is 2.31. The number of carbonyl (C=O) groups is 1. The van der Waals surface area contributed by atoms with Gasteiger partial charge in [-0.3, -0.25) is 4.79 Å². The number of nitrogens with zero attached hydrogens (tertiary/aromatic N) is 3. The van der Waals surface area contributed by atoms with Gasteiger partial charge in [-0.1, -0.05) is 19.3 Å². The van der Waals surface area contributed by atoms with Crippen LogP contribution < -0.4 is 10.2 Å². The topological polar surface area (TPSA) is 98.6 Å². The monoisotopic (exact) mass is 334 g/mol. The molecule has 1 aliphatic carbocycles. The first-order valence-electron chi connectivity index (χ1n) is 8.72. The first-order valence-corrected chi connectivity index (χ1v) is 8.72. The van der Waals surface area contributed by atoms with E-state index >= 15 is 0 Å². The summed E-state index contributed by atoms with van der Waals surface area (Å²) < 4.78 is 0. The molecular formula is C17H26N4O3. The third-order valence-electron chi connectivity index (χ3n) is 5.06. The summed E-state index contributed by atoms with van der Waals surface area (Å²) in [4.78, 5) is 22.4. The van der Waals surface area contributed by atoms with Crippen molar-refractivity contribution >= 4 is 11.9 Å². The second kappa shape index (κ2) is 7.03. The molecule has 1 saturated carbocycles. The maximum Gasteiger partial charge on any atom is 0.225 e. The number of anilines is 1. The third-order valence-corrected chi connectivity index (χ3v) is 5.06. The number of carbonyl (C=O) groups excluding carboxylic acids is 1. The smallest absolute Gasteiger partial charge is 0.225 e. The zero-order chi connectivity index (χ0) is 17.0. The van der Waals surface area contributed by atoms with Gasteiger partial charge in [-0.25, -0.2) is 9.97 Å². The van der Waals surface area contributed by atoms with E-state index in [4.69, 9.17) is 0 Å². The Morgan fingerprint density at radius 2 is 1.83 bits per heavy atom. The zero-order valence-electron chi connectivity index (χ0n) is 13.9. The summed E-state index contributed by atoms with van der Waals surface area (Å²) in [5.41, 5.74) is -1.85. The van der Waals surface area contributed by atoms with Gasteiger partial charge >= 0.3 is 0 Å². The van der Waals surface area contributed by atoms with Crippen molar-refractivity contribution in [3.8, 4) is 0 Å². The van der Waals surface area contributed by atoms with E-state index in [1.807, 2.05) is 4.90 Å². The van der Waals surface area contributed by atoms with Crippen LogP contribution in [-0.2, 0) is 4.79 Å². The van der Waals surface area contributed by atoms with E-state index in [1.54, 1.807) is 18.5 Å². The number of aromatic nitrogens is 2. The van der Waals surface area contributed by atoms with Crippen molar-refractivity contribution in [3.63, 3.8) is 0 Å². The highest BCUT2D eigenvalue weighted by Gasteiger charge is 2.38. The average Bonchev–Trinajstić information content (AvgIpc) is 2.97. The lowest BCUT2D eigenvalue weighted by molar-refractivity contribution is -0.128. The molecule has 0 radical (unpaired) electrons. The fraction of sp³-hybridized carbons (Fsp3) is 0.706. The first-order chi connectivity index (χ1) is 11.5. The van der Waals surface area contributed by atoms with Gasteiger partial charge < -0.3 is 20.4 Å². The fourth-order valence-corrected chi connectivity index (χ4v) is 3.64. The lowest BCUT2D eigenvalue weighted by atomic mass is 9.82. The van der Waals surface area contributed by atoms with Gasteiger partial charge in [0, 0.05) is 25.5 Å². The molecule has 2 fully saturated rings. The molecule has 2 heterocycles. The van der Waals surface area contributed by atoms with Crippen LogP contribution >= 0.6 is 0 Å². The Morgan fingerprint density at radius 3 is 2.54 bits per heavy atom. The summed E-state index contributed by atoms with van der Waals surface area (Å²) >= 11 is 0. The van der Waals surface area contributed by atoms with Crippen molar-refractivity contribution in [2.75, 3.05) is 24.5 Å². The highest BCUT2D eigenvalue weighted by molar-refractivity contribution is 5.77. The van der Waals surface area contributed by atoms with Gasteiger partial charge in [0.25, 0.3) is 0 Å². The molecule has 3 rings (SSSR count). The van der Waals surface area contributed by atoms with E-state index in [0.29, 0.717) is 38.3 Å². The van der Waals surface area contributed by atoms with E-state index in [1.165, 1.54) is 0 Å². The van der Waals surface area contributed by atoms with Gasteiger partial charge in [0.15, 0.2) is 0 Å². The molecular weight excluding hydrogens is 308 g/mol. The molecule has 0 aromatic carbocycles. The van der Waals surface area contributed by atoms with Gasteiger partial charge in [-0.2, -0.15) is 0 Å². The molecule has 1 aromatic heterocycles. The molecule has 7 nitrogen and oxygen atoms in total. The van der Waals surface area contributed by atoms with Crippen LogP contribution in [0, 0.1) is 0 Å². The van der Waals surface area contributed by atoms with E-state index in [2.05, 4.69) is 15.3 Å². The molecule has 7 heteroatoms. The summed E-state index contributed by atoms with van der Waals surface area (Å²) in [6.45, 7) is 1.23. The molecule has 0 bridgehead atoms. The second-order valence-corrected chi connectivity index (χ2v) is 7.18. The van der Waals surface area contributed by atoms with Gasteiger partial charge in [0.05, 0.1) is 18.6 Å². The molecule has 1 aromatic rings. The third kappa shape index (κ3) is 4.21. The van der Waals surface area contributed by atoms with E-state index in [9.17, 15) is 15.0 Å². The van der Waals surface area contributed by atoms with E-state index in [0.717, 1.165) is 19.3 Å². The molecule has 1 saturated heterocycles. The number of nitrogens with one attached hydrogen (secondary N) is 1. The van der Waals surface area contributed by atoms with Gasteiger partial charge in [-0.15, -0.1) is 0 Å². The predicted molar refractivity (Wildman–Crippen MR) is 89.5 cm³/mol. The minimum atomic E-state index is -0.982. The SMILES string of the molecule is O=C(CC1(O)CCCCC1)NC[C@@]1(O)CCN(c2ncccn2)C1. The minimum absolute atomic E-state index is 0.120. The van der Waals surface area contributed by atoms with Crippen LogP contribution in [0.1, 0.15) is 44.9 Å². The lowest BCUT2D eigenvalue weighted by Gasteiger charge is -2.32. The summed E-state index contributed by atoms with van der Waals surface area (Å²) in [7, 11) is 0. The number of rotatable bonds is 5. The van der Waals surface area contributed by atoms with E-state index in [-0.39, 0.29) is 18.9 Å². The van der Waals surface area contributed by atoms with Crippen LogP contribution in [0.4, 0.5) is 5.95 Å². The largest absolute Gasteiger partial charge is 0.389 e. The van der Waals surface area contributed by atoms with Crippen LogP contribution in [0.3, 0.4) is 0 Å². The van der Waals surface area contributed by atoms with Crippen LogP contribution in [0.5, 0.6) is 0 Å². The Labute approximate surface area is 142 Å². The first kappa shape index (κ1) is 17.1. The van der Waals surface area contributed by atoms with Crippen molar-refractivity contribution in [3.05, 3.63) is 18.5 Å². The summed E-state index contributed by atoms with van der Waals surface area (Å²) in [5.74, 6) is 0.401. The molecule has 1 amide bonds. The maximum absolute atomic E-state index is 12.1. The number of hydrogen-bond acceptors (Lipinski definition) is 6. The quantitative estimate of drug-likeness (QED) is 0.730. The predicted octanol–water partition coefficient (Wildman–Crippen LogP) is 0.619. The lowest BCUT2D eigenvalue weighted by Crippen LogP contribution is -2.47. The summed E-state index contributed by atoms with van der Waals surface area (Å²) in [6, 6.07) is 1.75. The Kier molecular flexibility index (Phi) is 5.01. The van der Waals surface area contributed by atoms with Crippen molar-refractivity contribution < 1.29 is 15.0 Å². The molecule has 2 aliphatic rings. The Bertz CT molecular complexity index is 562. The Balaban J connectivity index is 1.48. The maximum atomic E-state index is 12.1. The van der Waals surface area contributed by atoms with Crippen molar-refractivity contribution in [2.24, 2.45) is 0 Å². The number of amides is 1. The molecule has 1 aliphatic heterocycles. The van der Waals surface area contributed by atoms with Crippen molar-refractivity contribution in [2.45, 2.75) is 56.1 Å². The molecule has 3 N–H and O–H groups in total. The van der Waals surface area contributed by atoms with Crippen LogP contribution in [-0.4, -0.2) is 56.9 Å².